The molecule has 0 aliphatic rings. The predicted molar refractivity (Wildman–Crippen MR) is 64.6 cm³/mol. The summed E-state index contributed by atoms with van der Waals surface area (Å²) in [5.41, 5.74) is 3.28. The third-order valence-corrected chi connectivity index (χ3v) is 2.58. The second-order valence-corrected chi connectivity index (χ2v) is 3.73. The second kappa shape index (κ2) is 5.69. The van der Waals surface area contributed by atoms with Gasteiger partial charge in [-0.05, 0) is 30.0 Å². The molecular weight excluding hydrogens is 187 g/mol. The topological polar surface area (TPSA) is 0 Å². The van der Waals surface area contributed by atoms with Crippen LogP contribution in [0.3, 0.4) is 0 Å². The van der Waals surface area contributed by atoms with Crippen LogP contribution >= 0.6 is 0 Å². The Hall–Kier alpha value is -1.11. The number of alkyl halides is 1. The quantitative estimate of drug-likeness (QED) is 0.676. The van der Waals surface area contributed by atoms with Crippen molar-refractivity contribution >= 4 is 6.08 Å². The molecule has 1 aromatic rings. The lowest BCUT2D eigenvalue weighted by molar-refractivity contribution is 0.465. The highest BCUT2D eigenvalue weighted by molar-refractivity contribution is 5.58. The van der Waals surface area contributed by atoms with Gasteiger partial charge in [-0.3, -0.25) is 4.39 Å². The Bertz CT molecular complexity index is 328. The molecule has 0 aliphatic carbocycles. The Kier molecular flexibility index (Phi) is 4.54. The highest BCUT2D eigenvalue weighted by atomic mass is 19.1. The van der Waals surface area contributed by atoms with Crippen LogP contribution in [0.5, 0.6) is 0 Å². The van der Waals surface area contributed by atoms with E-state index in [0.717, 1.165) is 24.0 Å². The molecule has 0 saturated carbocycles. The Morgan fingerprint density at radius 1 is 1.47 bits per heavy atom. The van der Waals surface area contributed by atoms with Crippen LogP contribution in [-0.2, 0) is 6.42 Å². The van der Waals surface area contributed by atoms with Gasteiger partial charge in [-0.2, -0.15) is 0 Å². The fraction of sp³-hybridized carbons (Fsp3) is 0.357. The fourth-order valence-corrected chi connectivity index (χ4v) is 1.81. The van der Waals surface area contributed by atoms with E-state index in [0.29, 0.717) is 0 Å². The van der Waals surface area contributed by atoms with Gasteiger partial charge in [0.25, 0.3) is 0 Å². The molecule has 0 heterocycles. The molecule has 0 amide bonds. The molecule has 0 saturated heterocycles. The zero-order valence-corrected chi connectivity index (χ0v) is 9.30. The first-order valence-corrected chi connectivity index (χ1v) is 5.37. The summed E-state index contributed by atoms with van der Waals surface area (Å²) in [7, 11) is 0. The second-order valence-electron chi connectivity index (χ2n) is 3.73. The average Bonchev–Trinajstić information content (AvgIpc) is 2.28. The largest absolute Gasteiger partial charge is 0.250 e. The molecular formula is C14H18F. The maximum Gasteiger partial charge on any atom is 0.0963 e. The number of hydrogen-bond donors (Lipinski definition) is 0. The molecule has 1 rings (SSSR count). The Morgan fingerprint density at radius 2 is 2.20 bits per heavy atom. The lowest BCUT2D eigenvalue weighted by atomic mass is 9.91. The molecule has 0 bridgehead atoms. The van der Waals surface area contributed by atoms with Crippen LogP contribution in [0.15, 0.2) is 24.8 Å². The minimum absolute atomic E-state index is 0.283. The van der Waals surface area contributed by atoms with Crippen molar-refractivity contribution < 1.29 is 4.39 Å². The van der Waals surface area contributed by atoms with Crippen LogP contribution in [0, 0.1) is 6.92 Å². The Labute approximate surface area is 91.8 Å². The van der Waals surface area contributed by atoms with Crippen LogP contribution in [0.1, 0.15) is 36.0 Å². The van der Waals surface area contributed by atoms with E-state index >= 15 is 0 Å². The SMILES string of the molecule is [CH2]C(CF)c1cccc(CCC)c1C=C. The summed E-state index contributed by atoms with van der Waals surface area (Å²) < 4.78 is 12.6. The summed E-state index contributed by atoms with van der Waals surface area (Å²) in [4.78, 5) is 0. The third-order valence-electron chi connectivity index (χ3n) is 2.58. The average molecular weight is 205 g/mol. The maximum atomic E-state index is 12.6. The van der Waals surface area contributed by atoms with Crippen molar-refractivity contribution in [2.45, 2.75) is 25.7 Å². The summed E-state index contributed by atoms with van der Waals surface area (Å²) in [6.45, 7) is 9.33. The van der Waals surface area contributed by atoms with Gasteiger partial charge >= 0.3 is 0 Å². The highest BCUT2D eigenvalue weighted by Gasteiger charge is 2.11. The van der Waals surface area contributed by atoms with E-state index in [2.05, 4.69) is 26.5 Å². The zero-order valence-electron chi connectivity index (χ0n) is 9.30. The van der Waals surface area contributed by atoms with Crippen molar-refractivity contribution in [1.82, 2.24) is 0 Å². The smallest absolute Gasteiger partial charge is 0.0963 e. The van der Waals surface area contributed by atoms with E-state index < -0.39 is 6.67 Å². The summed E-state index contributed by atoms with van der Waals surface area (Å²) in [5, 5.41) is 0. The first-order chi connectivity index (χ1) is 7.24. The van der Waals surface area contributed by atoms with Gasteiger partial charge in [-0.25, -0.2) is 0 Å². The third kappa shape index (κ3) is 2.68. The van der Waals surface area contributed by atoms with Crippen LogP contribution in [-0.4, -0.2) is 6.67 Å². The van der Waals surface area contributed by atoms with Gasteiger partial charge in [0.05, 0.1) is 6.67 Å². The molecule has 1 atom stereocenters. The van der Waals surface area contributed by atoms with Gasteiger partial charge in [0.15, 0.2) is 0 Å². The lowest BCUT2D eigenvalue weighted by Gasteiger charge is -2.14. The van der Waals surface area contributed by atoms with Crippen LogP contribution in [0.4, 0.5) is 4.39 Å². The molecule has 1 radical (unpaired) electrons. The highest BCUT2D eigenvalue weighted by Crippen LogP contribution is 2.25. The summed E-state index contributed by atoms with van der Waals surface area (Å²) in [5.74, 6) is -0.283. The van der Waals surface area contributed by atoms with E-state index in [1.165, 1.54) is 5.56 Å². The van der Waals surface area contributed by atoms with Crippen molar-refractivity contribution in [2.75, 3.05) is 6.67 Å². The summed E-state index contributed by atoms with van der Waals surface area (Å²) in [6.07, 6.45) is 3.91. The van der Waals surface area contributed by atoms with Crippen molar-refractivity contribution in [1.29, 1.82) is 0 Å². The number of hydrogen-bond acceptors (Lipinski definition) is 0. The molecule has 81 valence electrons. The van der Waals surface area contributed by atoms with Crippen LogP contribution in [0.2, 0.25) is 0 Å². The number of benzene rings is 1. The standard InChI is InChI=1S/C14H18F/c1-4-7-12-8-6-9-14(11(3)10-15)13(12)5-2/h5-6,8-9,11H,2-4,7,10H2,1H3. The van der Waals surface area contributed by atoms with Gasteiger partial charge in [0.2, 0.25) is 0 Å². The van der Waals surface area contributed by atoms with Gasteiger partial charge < -0.3 is 0 Å². The van der Waals surface area contributed by atoms with E-state index in [1.807, 2.05) is 18.2 Å². The molecule has 1 heteroatoms. The van der Waals surface area contributed by atoms with Gasteiger partial charge in [0.1, 0.15) is 0 Å². The van der Waals surface area contributed by atoms with Gasteiger partial charge in [0, 0.05) is 5.92 Å². The van der Waals surface area contributed by atoms with E-state index in [-0.39, 0.29) is 5.92 Å². The van der Waals surface area contributed by atoms with Crippen LogP contribution in [0.25, 0.3) is 6.08 Å². The van der Waals surface area contributed by atoms with Gasteiger partial charge in [-0.1, -0.05) is 44.2 Å². The molecule has 0 aromatic heterocycles. The minimum Gasteiger partial charge on any atom is -0.250 e. The first-order valence-electron chi connectivity index (χ1n) is 5.37. The van der Waals surface area contributed by atoms with Gasteiger partial charge in [-0.15, -0.1) is 0 Å². The normalized spacial score (nSPS) is 12.5. The number of rotatable bonds is 5. The molecule has 0 spiro atoms. The lowest BCUT2D eigenvalue weighted by Crippen LogP contribution is -2.01. The Balaban J connectivity index is 3.15. The summed E-state index contributed by atoms with van der Waals surface area (Å²) >= 11 is 0. The van der Waals surface area contributed by atoms with Crippen molar-refractivity contribution in [3.63, 3.8) is 0 Å². The molecule has 1 aromatic carbocycles. The maximum absolute atomic E-state index is 12.6. The van der Waals surface area contributed by atoms with Crippen molar-refractivity contribution in [3.05, 3.63) is 48.4 Å². The number of aryl methyl sites for hydroxylation is 1. The summed E-state index contributed by atoms with van der Waals surface area (Å²) in [6, 6.07) is 5.99. The van der Waals surface area contributed by atoms with E-state index in [9.17, 15) is 4.39 Å². The van der Waals surface area contributed by atoms with Crippen molar-refractivity contribution in [2.24, 2.45) is 0 Å². The molecule has 15 heavy (non-hydrogen) atoms. The Morgan fingerprint density at radius 3 is 2.73 bits per heavy atom. The minimum atomic E-state index is -0.420. The molecule has 0 aliphatic heterocycles. The predicted octanol–water partition coefficient (Wildman–Crippen LogP) is 4.17. The fourth-order valence-electron chi connectivity index (χ4n) is 1.81. The van der Waals surface area contributed by atoms with Crippen molar-refractivity contribution in [3.8, 4) is 0 Å². The van der Waals surface area contributed by atoms with Crippen LogP contribution < -0.4 is 0 Å². The molecule has 0 nitrogen and oxygen atoms in total. The molecule has 0 fully saturated rings. The molecule has 1 unspecified atom stereocenters. The van der Waals surface area contributed by atoms with E-state index in [1.54, 1.807) is 0 Å². The molecule has 0 N–H and O–H groups in total. The monoisotopic (exact) mass is 205 g/mol. The first kappa shape index (κ1) is 12.0. The van der Waals surface area contributed by atoms with E-state index in [4.69, 9.17) is 0 Å². The number of halogens is 1. The zero-order chi connectivity index (χ0) is 11.3.